The van der Waals surface area contributed by atoms with Crippen LogP contribution in [0.2, 0.25) is 0 Å². The lowest BCUT2D eigenvalue weighted by Crippen LogP contribution is -2.50. The maximum atomic E-state index is 12.1. The molecule has 5 nitrogen and oxygen atoms in total. The van der Waals surface area contributed by atoms with Crippen LogP contribution in [0.4, 0.5) is 0 Å². The molecule has 0 radical (unpaired) electrons. The fourth-order valence-corrected chi connectivity index (χ4v) is 3.32. The van der Waals surface area contributed by atoms with Gasteiger partial charge in [-0.1, -0.05) is 18.2 Å². The maximum Gasteiger partial charge on any atom is 0.751 e. The van der Waals surface area contributed by atoms with Gasteiger partial charge in [0.2, 0.25) is 0 Å². The highest BCUT2D eigenvalue weighted by Crippen LogP contribution is 2.15. The summed E-state index contributed by atoms with van der Waals surface area (Å²) >= 11 is 0. The Kier molecular flexibility index (Phi) is 6.72. The summed E-state index contributed by atoms with van der Waals surface area (Å²) in [6.45, 7) is 6.47. The minimum atomic E-state index is -3.39. The molecule has 0 aliphatic heterocycles. The van der Waals surface area contributed by atoms with Crippen LogP contribution in [0.3, 0.4) is 0 Å². The molecule has 6 heteroatoms. The normalized spacial score (nSPS) is 11.3. The molecular formula is C13H20O5Si. The van der Waals surface area contributed by atoms with Crippen molar-refractivity contribution in [3.8, 4) is 0 Å². The molecule has 0 aliphatic rings. The molecule has 0 aromatic heterocycles. The molecule has 0 saturated carbocycles. The highest BCUT2D eigenvalue weighted by atomic mass is 28.4. The molecule has 1 rings (SSSR count). The minimum Gasteiger partial charge on any atom is -0.448 e. The van der Waals surface area contributed by atoms with Gasteiger partial charge >= 0.3 is 15.0 Å². The standard InChI is InChI=1S/C13H20O5Si/c1-4-15-19(16-5-2,17-6-3)18-13(14)12-10-8-7-9-11-12/h7-11H,4-6H2,1-3H3. The first kappa shape index (κ1) is 15.8. The van der Waals surface area contributed by atoms with Crippen molar-refractivity contribution in [3.05, 3.63) is 35.9 Å². The van der Waals surface area contributed by atoms with E-state index in [0.29, 0.717) is 25.4 Å². The molecule has 106 valence electrons. The van der Waals surface area contributed by atoms with E-state index in [1.165, 1.54) is 0 Å². The lowest BCUT2D eigenvalue weighted by molar-refractivity contribution is -0.0169. The Labute approximate surface area is 114 Å². The van der Waals surface area contributed by atoms with Gasteiger partial charge in [-0.25, -0.2) is 4.79 Å². The van der Waals surface area contributed by atoms with E-state index in [-0.39, 0.29) is 0 Å². The third kappa shape index (κ3) is 4.75. The first-order valence-electron chi connectivity index (χ1n) is 6.37. The van der Waals surface area contributed by atoms with Crippen molar-refractivity contribution in [3.63, 3.8) is 0 Å². The second-order valence-corrected chi connectivity index (χ2v) is 5.62. The maximum absolute atomic E-state index is 12.1. The smallest absolute Gasteiger partial charge is 0.448 e. The van der Waals surface area contributed by atoms with Gasteiger partial charge in [-0.15, -0.1) is 0 Å². The molecule has 19 heavy (non-hydrogen) atoms. The molecule has 0 bridgehead atoms. The van der Waals surface area contributed by atoms with Crippen molar-refractivity contribution in [2.45, 2.75) is 20.8 Å². The second-order valence-electron chi connectivity index (χ2n) is 3.55. The van der Waals surface area contributed by atoms with Crippen LogP contribution in [0.15, 0.2) is 30.3 Å². The van der Waals surface area contributed by atoms with Crippen LogP contribution >= 0.6 is 0 Å². The summed E-state index contributed by atoms with van der Waals surface area (Å²) in [7, 11) is -3.39. The van der Waals surface area contributed by atoms with Gasteiger partial charge in [0.15, 0.2) is 0 Å². The van der Waals surface area contributed by atoms with E-state index >= 15 is 0 Å². The van der Waals surface area contributed by atoms with Crippen LogP contribution in [0.1, 0.15) is 31.1 Å². The molecule has 0 unspecified atom stereocenters. The highest BCUT2D eigenvalue weighted by molar-refractivity contribution is 6.55. The third-order valence-electron chi connectivity index (χ3n) is 2.19. The lowest BCUT2D eigenvalue weighted by Gasteiger charge is -2.25. The zero-order valence-electron chi connectivity index (χ0n) is 11.5. The highest BCUT2D eigenvalue weighted by Gasteiger charge is 2.49. The summed E-state index contributed by atoms with van der Waals surface area (Å²) in [4.78, 5) is 12.1. The SMILES string of the molecule is CCO[Si](OCC)(OCC)OC(=O)c1ccccc1. The summed E-state index contributed by atoms with van der Waals surface area (Å²) in [6, 6.07) is 8.70. The van der Waals surface area contributed by atoms with Crippen LogP contribution < -0.4 is 0 Å². The first-order valence-corrected chi connectivity index (χ1v) is 8.01. The Bertz CT molecular complexity index is 365. The quantitative estimate of drug-likeness (QED) is 0.686. The molecule has 1 aromatic carbocycles. The Hall–Kier alpha value is -1.21. The van der Waals surface area contributed by atoms with Crippen molar-refractivity contribution in [2.75, 3.05) is 19.8 Å². The fraction of sp³-hybridized carbons (Fsp3) is 0.462. The lowest BCUT2D eigenvalue weighted by atomic mass is 10.2. The van der Waals surface area contributed by atoms with E-state index in [4.69, 9.17) is 17.7 Å². The zero-order chi connectivity index (χ0) is 14.1. The van der Waals surface area contributed by atoms with Crippen LogP contribution in [-0.2, 0) is 17.7 Å². The predicted molar refractivity (Wildman–Crippen MR) is 72.5 cm³/mol. The average Bonchev–Trinajstić information content (AvgIpc) is 2.40. The number of benzene rings is 1. The summed E-state index contributed by atoms with van der Waals surface area (Å²) < 4.78 is 21.7. The van der Waals surface area contributed by atoms with Crippen LogP contribution in [0.25, 0.3) is 0 Å². The molecule has 0 aliphatic carbocycles. The molecule has 0 spiro atoms. The number of hydrogen-bond donors (Lipinski definition) is 0. The van der Waals surface area contributed by atoms with Gasteiger partial charge in [0.1, 0.15) is 0 Å². The van der Waals surface area contributed by atoms with Crippen molar-refractivity contribution in [1.82, 2.24) is 0 Å². The van der Waals surface area contributed by atoms with Gasteiger partial charge in [0.25, 0.3) is 0 Å². The Morgan fingerprint density at radius 3 is 1.84 bits per heavy atom. The number of carbonyl (C=O) groups excluding carboxylic acids is 1. The first-order chi connectivity index (χ1) is 9.17. The summed E-state index contributed by atoms with van der Waals surface area (Å²) in [5, 5.41) is 0. The molecule has 0 saturated heterocycles. The van der Waals surface area contributed by atoms with Crippen molar-refractivity contribution in [1.29, 1.82) is 0 Å². The minimum absolute atomic E-state index is 0.355. The molecule has 0 heterocycles. The molecule has 0 fully saturated rings. The van der Waals surface area contributed by atoms with E-state index in [1.807, 2.05) is 6.07 Å². The van der Waals surface area contributed by atoms with Crippen molar-refractivity contribution < 1.29 is 22.5 Å². The predicted octanol–water partition coefficient (Wildman–Crippen LogP) is 2.39. The molecule has 0 N–H and O–H groups in total. The van der Waals surface area contributed by atoms with Crippen LogP contribution in [0.5, 0.6) is 0 Å². The van der Waals surface area contributed by atoms with E-state index in [1.54, 1.807) is 45.0 Å². The topological polar surface area (TPSA) is 54.0 Å². The fourth-order valence-electron chi connectivity index (χ4n) is 1.49. The number of hydrogen-bond acceptors (Lipinski definition) is 5. The zero-order valence-corrected chi connectivity index (χ0v) is 12.5. The third-order valence-corrected chi connectivity index (χ3v) is 4.55. The van der Waals surface area contributed by atoms with E-state index in [0.717, 1.165) is 0 Å². The van der Waals surface area contributed by atoms with Crippen LogP contribution in [-0.4, -0.2) is 34.8 Å². The average molecular weight is 284 g/mol. The Balaban J connectivity index is 2.83. The van der Waals surface area contributed by atoms with Gasteiger partial charge in [0.05, 0.1) is 5.56 Å². The monoisotopic (exact) mass is 284 g/mol. The summed E-state index contributed by atoms with van der Waals surface area (Å²) in [5.74, 6) is -0.498. The Morgan fingerprint density at radius 2 is 1.42 bits per heavy atom. The number of rotatable bonds is 8. The van der Waals surface area contributed by atoms with Gasteiger partial charge in [-0.2, -0.15) is 0 Å². The molecule has 1 aromatic rings. The Morgan fingerprint density at radius 1 is 0.947 bits per heavy atom. The van der Waals surface area contributed by atoms with Crippen molar-refractivity contribution >= 4 is 15.0 Å². The molecule has 0 amide bonds. The van der Waals surface area contributed by atoms with E-state index < -0.39 is 15.0 Å². The van der Waals surface area contributed by atoms with Gasteiger partial charge in [-0.3, -0.25) is 0 Å². The molecule has 0 atom stereocenters. The van der Waals surface area contributed by atoms with Gasteiger partial charge in [-0.05, 0) is 32.9 Å². The van der Waals surface area contributed by atoms with Crippen LogP contribution in [0, 0.1) is 0 Å². The second kappa shape index (κ2) is 8.06. The van der Waals surface area contributed by atoms with E-state index in [9.17, 15) is 4.79 Å². The van der Waals surface area contributed by atoms with Crippen molar-refractivity contribution in [2.24, 2.45) is 0 Å². The largest absolute Gasteiger partial charge is 0.751 e. The van der Waals surface area contributed by atoms with E-state index in [2.05, 4.69) is 0 Å². The summed E-state index contributed by atoms with van der Waals surface area (Å²) in [6.07, 6.45) is 0. The van der Waals surface area contributed by atoms with Gasteiger partial charge in [0, 0.05) is 19.8 Å². The number of carbonyl (C=O) groups is 1. The summed E-state index contributed by atoms with van der Waals surface area (Å²) in [5.41, 5.74) is 0.443. The van der Waals surface area contributed by atoms with Gasteiger partial charge < -0.3 is 17.7 Å². The molecular weight excluding hydrogens is 264 g/mol.